The average Bonchev–Trinajstić information content (AvgIpc) is 3.03. The molecule has 0 spiro atoms. The first-order valence-electron chi connectivity index (χ1n) is 19.6. The molecule has 0 aliphatic rings. The monoisotopic (exact) mass is 909 g/mol. The van der Waals surface area contributed by atoms with Crippen molar-refractivity contribution in [3.05, 3.63) is 59.4 Å². The van der Waals surface area contributed by atoms with Crippen LogP contribution in [0.1, 0.15) is 126 Å². The standard InChI is InChI=1S/C42H60FN5O14S/c1-38(2,3)58-31(49)23-30(33(51)59-39(4,5)6)47-63(55,56)48(37(54)62-42(13,14)15)24-25-16-19-27(20-17-25)57-32(50)28-21-18-26(22-29(28)43)44-34(45-35(52)60-40(7,8)9)46-36(53)61-41(10,11)12/h16-22,30,47H,23-24H2,1-15H3,(H2,44,45,46,52,53). The SMILES string of the molecule is CC(C)(C)OC(=O)CC(NS(=O)(=O)N(Cc1ccc(OC(=O)c2ccc(NC(=NC(=O)OC(C)(C)C)NC(=O)OC(C)(C)C)cc2F)cc1)C(=O)OC(C)(C)C)C(=O)OC(C)(C)C. The number of halogens is 1. The molecule has 0 aliphatic heterocycles. The van der Waals surface area contributed by atoms with Crippen molar-refractivity contribution in [2.45, 2.75) is 151 Å². The third-order valence-electron chi connectivity index (χ3n) is 6.79. The number of ether oxygens (including phenoxy) is 6. The number of nitrogens with one attached hydrogen (secondary N) is 3. The Balaban J connectivity index is 2.36. The van der Waals surface area contributed by atoms with E-state index in [9.17, 15) is 37.2 Å². The van der Waals surface area contributed by atoms with E-state index >= 15 is 4.39 Å². The highest BCUT2D eigenvalue weighted by Gasteiger charge is 2.38. The largest absolute Gasteiger partial charge is 0.460 e. The van der Waals surface area contributed by atoms with Gasteiger partial charge in [-0.25, -0.2) is 23.6 Å². The van der Waals surface area contributed by atoms with E-state index in [1.807, 2.05) is 0 Å². The van der Waals surface area contributed by atoms with E-state index in [1.54, 1.807) is 83.1 Å². The molecule has 0 saturated heterocycles. The van der Waals surface area contributed by atoms with Crippen LogP contribution < -0.4 is 20.1 Å². The maximum atomic E-state index is 15.3. The average molecular weight is 910 g/mol. The zero-order valence-electron chi connectivity index (χ0n) is 38.4. The molecule has 0 fully saturated rings. The fourth-order valence-corrected chi connectivity index (χ4v) is 5.87. The summed E-state index contributed by atoms with van der Waals surface area (Å²) < 4.78 is 77.2. The minimum absolute atomic E-state index is 0.0481. The van der Waals surface area contributed by atoms with E-state index in [0.717, 1.165) is 12.1 Å². The number of carbonyl (C=O) groups is 6. The van der Waals surface area contributed by atoms with Gasteiger partial charge in [0.1, 0.15) is 45.6 Å². The molecule has 19 nitrogen and oxygen atoms in total. The van der Waals surface area contributed by atoms with Crippen LogP contribution in [0.5, 0.6) is 5.75 Å². The number of esters is 3. The molecule has 0 aromatic heterocycles. The van der Waals surface area contributed by atoms with Gasteiger partial charge in [0.2, 0.25) is 5.96 Å². The molecule has 0 saturated carbocycles. The number of aliphatic imine (C=N–C) groups is 1. The lowest BCUT2D eigenvalue weighted by Crippen LogP contribution is -2.52. The number of hydrogen-bond donors (Lipinski definition) is 3. The summed E-state index contributed by atoms with van der Waals surface area (Å²) >= 11 is 0. The van der Waals surface area contributed by atoms with Gasteiger partial charge in [-0.05, 0) is 140 Å². The quantitative estimate of drug-likeness (QED) is 0.0659. The molecule has 3 amide bonds. The zero-order valence-corrected chi connectivity index (χ0v) is 39.2. The van der Waals surface area contributed by atoms with Crippen LogP contribution >= 0.6 is 0 Å². The van der Waals surface area contributed by atoms with Gasteiger partial charge in [-0.2, -0.15) is 17.4 Å². The van der Waals surface area contributed by atoms with E-state index in [4.69, 9.17) is 28.4 Å². The van der Waals surface area contributed by atoms with Crippen molar-refractivity contribution in [1.82, 2.24) is 14.3 Å². The van der Waals surface area contributed by atoms with Crippen molar-refractivity contribution < 1.29 is 70.0 Å². The van der Waals surface area contributed by atoms with Crippen molar-refractivity contribution in [3.8, 4) is 5.75 Å². The van der Waals surface area contributed by atoms with Gasteiger partial charge in [0, 0.05) is 5.69 Å². The lowest BCUT2D eigenvalue weighted by molar-refractivity contribution is -0.164. The highest BCUT2D eigenvalue weighted by atomic mass is 32.2. The lowest BCUT2D eigenvalue weighted by Gasteiger charge is -2.29. The van der Waals surface area contributed by atoms with Crippen molar-refractivity contribution in [2.75, 3.05) is 5.32 Å². The van der Waals surface area contributed by atoms with Gasteiger partial charge in [0.15, 0.2) is 0 Å². The van der Waals surface area contributed by atoms with Gasteiger partial charge in [-0.3, -0.25) is 14.9 Å². The highest BCUT2D eigenvalue weighted by molar-refractivity contribution is 7.87. The molecule has 0 heterocycles. The van der Waals surface area contributed by atoms with E-state index in [-0.39, 0.29) is 17.0 Å². The summed E-state index contributed by atoms with van der Waals surface area (Å²) in [5.74, 6) is -4.81. The number of hydrogen-bond acceptors (Lipinski definition) is 14. The smallest absolute Gasteiger partial charge is 0.437 e. The van der Waals surface area contributed by atoms with E-state index in [2.05, 4.69) is 20.3 Å². The normalized spacial score (nSPS) is 13.2. The Bertz CT molecular complexity index is 2140. The maximum absolute atomic E-state index is 15.3. The van der Waals surface area contributed by atoms with Crippen LogP contribution in [0.4, 0.5) is 24.5 Å². The van der Waals surface area contributed by atoms with Crippen LogP contribution in [0, 0.1) is 5.82 Å². The molecule has 21 heteroatoms. The van der Waals surface area contributed by atoms with Gasteiger partial charge >= 0.3 is 46.4 Å². The summed E-state index contributed by atoms with van der Waals surface area (Å²) in [4.78, 5) is 80.9. The van der Waals surface area contributed by atoms with E-state index in [1.165, 1.54) is 51.1 Å². The predicted octanol–water partition coefficient (Wildman–Crippen LogP) is 7.29. The van der Waals surface area contributed by atoms with Crippen molar-refractivity contribution >= 4 is 58.0 Å². The summed E-state index contributed by atoms with van der Waals surface area (Å²) in [5.41, 5.74) is -5.45. The number of amides is 3. The van der Waals surface area contributed by atoms with Gasteiger partial charge in [0.25, 0.3) is 0 Å². The summed E-state index contributed by atoms with van der Waals surface area (Å²) in [6.45, 7) is 22.9. The van der Waals surface area contributed by atoms with Gasteiger partial charge in [-0.1, -0.05) is 12.1 Å². The number of benzene rings is 2. The second kappa shape index (κ2) is 20.6. The number of carbonyl (C=O) groups excluding carboxylic acids is 6. The zero-order chi connectivity index (χ0) is 48.5. The molecule has 350 valence electrons. The maximum Gasteiger partial charge on any atom is 0.437 e. The number of alkyl carbamates (subject to hydrolysis) is 1. The second-order valence-corrected chi connectivity index (χ2v) is 20.5. The molecule has 0 bridgehead atoms. The van der Waals surface area contributed by atoms with E-state index < -0.39 is 111 Å². The van der Waals surface area contributed by atoms with Gasteiger partial charge < -0.3 is 33.7 Å². The van der Waals surface area contributed by atoms with Crippen LogP contribution in [-0.4, -0.2) is 88.9 Å². The van der Waals surface area contributed by atoms with Crippen LogP contribution in [0.2, 0.25) is 0 Å². The first-order chi connectivity index (χ1) is 28.4. The molecule has 0 aliphatic carbocycles. The van der Waals surface area contributed by atoms with Crippen molar-refractivity contribution in [3.63, 3.8) is 0 Å². The third kappa shape index (κ3) is 20.7. The first kappa shape index (κ1) is 53.3. The first-order valence-corrected chi connectivity index (χ1v) is 21.0. The Hall–Kier alpha value is -5.83. The molecule has 2 rings (SSSR count). The topological polar surface area (TPSA) is 244 Å². The van der Waals surface area contributed by atoms with Crippen molar-refractivity contribution in [2.24, 2.45) is 4.99 Å². The number of anilines is 1. The number of nitrogens with zero attached hydrogens (tertiary/aromatic N) is 2. The molecular weight excluding hydrogens is 850 g/mol. The fourth-order valence-electron chi connectivity index (χ4n) is 4.65. The summed E-state index contributed by atoms with van der Waals surface area (Å²) in [5, 5.41) is 4.84. The summed E-state index contributed by atoms with van der Waals surface area (Å²) in [6, 6.07) is 6.50. The molecule has 1 unspecified atom stereocenters. The van der Waals surface area contributed by atoms with Gasteiger partial charge in [0.05, 0.1) is 18.5 Å². The Kier molecular flexibility index (Phi) is 17.4. The summed E-state index contributed by atoms with van der Waals surface area (Å²) in [6.07, 6.45) is -4.17. The molecule has 3 N–H and O–H groups in total. The Morgan fingerprint density at radius 1 is 0.698 bits per heavy atom. The Morgan fingerprint density at radius 3 is 1.71 bits per heavy atom. The minimum Gasteiger partial charge on any atom is -0.460 e. The number of rotatable bonds is 11. The molecule has 63 heavy (non-hydrogen) atoms. The number of guanidine groups is 1. The van der Waals surface area contributed by atoms with Crippen LogP contribution in [-0.2, 0) is 50.0 Å². The Labute approximate surface area is 367 Å². The summed E-state index contributed by atoms with van der Waals surface area (Å²) in [7, 11) is -4.98. The molecule has 2 aromatic carbocycles. The molecule has 0 radical (unpaired) electrons. The van der Waals surface area contributed by atoms with Crippen LogP contribution in [0.3, 0.4) is 0 Å². The second-order valence-electron chi connectivity index (χ2n) is 18.9. The lowest BCUT2D eigenvalue weighted by atomic mass is 10.1. The Morgan fingerprint density at radius 2 is 1.22 bits per heavy atom. The third-order valence-corrected chi connectivity index (χ3v) is 8.23. The van der Waals surface area contributed by atoms with Crippen molar-refractivity contribution in [1.29, 1.82) is 0 Å². The minimum atomic E-state index is -4.98. The fraction of sp³-hybridized carbons (Fsp3) is 0.548. The molecular formula is C42H60FN5O14S. The molecule has 1 atom stereocenters. The van der Waals surface area contributed by atoms with Crippen LogP contribution in [0.25, 0.3) is 0 Å². The van der Waals surface area contributed by atoms with Gasteiger partial charge in [-0.15, -0.1) is 4.99 Å². The highest BCUT2D eigenvalue weighted by Crippen LogP contribution is 2.23. The van der Waals surface area contributed by atoms with E-state index in [0.29, 0.717) is 4.31 Å². The predicted molar refractivity (Wildman–Crippen MR) is 228 cm³/mol. The molecule has 2 aromatic rings. The van der Waals surface area contributed by atoms with Crippen LogP contribution in [0.15, 0.2) is 47.5 Å².